The van der Waals surface area contributed by atoms with Gasteiger partial charge in [0.15, 0.2) is 17.0 Å². The van der Waals surface area contributed by atoms with E-state index in [0.29, 0.717) is 36.4 Å². The first-order valence-electron chi connectivity index (χ1n) is 14.5. The number of para-hydroxylation sites is 2. The second-order valence-electron chi connectivity index (χ2n) is 11.4. The Balaban J connectivity index is 1.25. The highest BCUT2D eigenvalue weighted by molar-refractivity contribution is 7.62. The van der Waals surface area contributed by atoms with Gasteiger partial charge in [-0.1, -0.05) is 36.4 Å². The van der Waals surface area contributed by atoms with Gasteiger partial charge in [0, 0.05) is 30.4 Å². The summed E-state index contributed by atoms with van der Waals surface area (Å²) < 4.78 is 36.4. The summed E-state index contributed by atoms with van der Waals surface area (Å²) in [5.74, 6) is -1.09. The summed E-state index contributed by atoms with van der Waals surface area (Å²) in [4.78, 5) is 22.6. The highest BCUT2D eigenvalue weighted by Gasteiger charge is 2.55. The first kappa shape index (κ1) is 29.5. The van der Waals surface area contributed by atoms with Gasteiger partial charge < -0.3 is 19.1 Å². The van der Waals surface area contributed by atoms with Crippen LogP contribution in [0.1, 0.15) is 39.2 Å². The molecule has 2 fully saturated rings. The van der Waals surface area contributed by atoms with Crippen LogP contribution in [0.5, 0.6) is 0 Å². The molecular weight excluding hydrogens is 571 g/mol. The van der Waals surface area contributed by atoms with Gasteiger partial charge in [-0.05, 0) is 57.4 Å². The van der Waals surface area contributed by atoms with Gasteiger partial charge in [0.1, 0.15) is 12.4 Å². The van der Waals surface area contributed by atoms with Crippen molar-refractivity contribution in [2.24, 2.45) is 5.92 Å². The van der Waals surface area contributed by atoms with E-state index in [2.05, 4.69) is 20.1 Å². The topological polar surface area (TPSA) is 142 Å². The van der Waals surface area contributed by atoms with E-state index in [1.165, 1.54) is 0 Å². The second kappa shape index (κ2) is 12.2. The number of nitrogens with zero attached hydrogens (tertiary/aromatic N) is 4. The number of imidazole rings is 1. The standard InChI is InChI=1S/C30H37N6O6P/c1-30(2)41-26-21(18-40-43(39,33-22-11-5-3-6-12-22)34-23-13-7-4-8-14-23)17-24(27(26)42-30)36-20-32-28-25(29(36)38)31-19-35(28)15-9-10-16-37/h3-8,11-14,19-21,24,26-27,37H,9-10,15-18H2,1-2H3,(H2,33,34,39)/t21-,24-,26-,27+/m1/s1. The summed E-state index contributed by atoms with van der Waals surface area (Å²) in [6.07, 6.45) is 4.25. The number of benzene rings is 2. The molecule has 4 aromatic rings. The van der Waals surface area contributed by atoms with Crippen molar-refractivity contribution in [1.82, 2.24) is 19.1 Å². The van der Waals surface area contributed by atoms with Crippen LogP contribution in [0, 0.1) is 5.92 Å². The average molecular weight is 609 g/mol. The molecule has 0 spiro atoms. The lowest BCUT2D eigenvalue weighted by Gasteiger charge is -2.26. The van der Waals surface area contributed by atoms with Crippen molar-refractivity contribution in [3.8, 4) is 0 Å². The lowest BCUT2D eigenvalue weighted by atomic mass is 10.1. The fourth-order valence-corrected chi connectivity index (χ4v) is 7.46. The van der Waals surface area contributed by atoms with Gasteiger partial charge in [-0.3, -0.25) is 24.1 Å². The zero-order valence-electron chi connectivity index (χ0n) is 24.2. The molecule has 2 aromatic carbocycles. The van der Waals surface area contributed by atoms with Gasteiger partial charge >= 0.3 is 7.67 Å². The fourth-order valence-electron chi connectivity index (χ4n) is 5.90. The number of aliphatic hydroxyl groups is 1. The molecular formula is C30H37N6O6P. The van der Waals surface area contributed by atoms with Crippen molar-refractivity contribution in [2.45, 2.75) is 63.7 Å². The van der Waals surface area contributed by atoms with E-state index in [0.717, 1.165) is 6.42 Å². The van der Waals surface area contributed by atoms with Crippen molar-refractivity contribution in [1.29, 1.82) is 0 Å². The summed E-state index contributed by atoms with van der Waals surface area (Å²) >= 11 is 0. The monoisotopic (exact) mass is 608 g/mol. The predicted molar refractivity (Wildman–Crippen MR) is 163 cm³/mol. The van der Waals surface area contributed by atoms with E-state index in [4.69, 9.17) is 19.1 Å². The molecule has 228 valence electrons. The van der Waals surface area contributed by atoms with Crippen LogP contribution >= 0.6 is 7.67 Å². The predicted octanol–water partition coefficient (Wildman–Crippen LogP) is 4.80. The first-order valence-corrected chi connectivity index (χ1v) is 16.2. The molecule has 6 rings (SSSR count). The number of hydrogen-bond donors (Lipinski definition) is 3. The van der Waals surface area contributed by atoms with E-state index in [9.17, 15) is 9.36 Å². The Morgan fingerprint density at radius 3 is 2.28 bits per heavy atom. The van der Waals surface area contributed by atoms with Gasteiger partial charge in [-0.15, -0.1) is 0 Å². The highest BCUT2D eigenvalue weighted by Crippen LogP contribution is 2.51. The Kier molecular flexibility index (Phi) is 8.39. The van der Waals surface area contributed by atoms with Crippen molar-refractivity contribution < 1.29 is 23.7 Å². The second-order valence-corrected chi connectivity index (χ2v) is 13.2. The van der Waals surface area contributed by atoms with Crippen molar-refractivity contribution >= 4 is 30.2 Å². The van der Waals surface area contributed by atoms with Gasteiger partial charge in [-0.2, -0.15) is 0 Å². The van der Waals surface area contributed by atoms with E-state index in [1.54, 1.807) is 17.2 Å². The molecule has 0 amide bonds. The number of rotatable bonds is 12. The average Bonchev–Trinajstić information content (AvgIpc) is 3.64. The Morgan fingerprint density at radius 2 is 1.63 bits per heavy atom. The molecule has 1 aliphatic heterocycles. The van der Waals surface area contributed by atoms with Crippen LogP contribution in [0.2, 0.25) is 0 Å². The molecule has 43 heavy (non-hydrogen) atoms. The molecule has 0 unspecified atom stereocenters. The summed E-state index contributed by atoms with van der Waals surface area (Å²) in [5, 5.41) is 15.2. The van der Waals surface area contributed by atoms with Crippen LogP contribution < -0.4 is 15.7 Å². The summed E-state index contributed by atoms with van der Waals surface area (Å²) in [6, 6.07) is 18.1. The van der Waals surface area contributed by atoms with Gasteiger partial charge in [-0.25, -0.2) is 14.5 Å². The van der Waals surface area contributed by atoms with Crippen LogP contribution in [0.15, 0.2) is 78.1 Å². The third-order valence-corrected chi connectivity index (χ3v) is 9.46. The number of unbranched alkanes of at least 4 members (excludes halogenated alkanes) is 1. The smallest absolute Gasteiger partial charge is 0.391 e. The summed E-state index contributed by atoms with van der Waals surface area (Å²) in [6.45, 7) is 4.51. The summed E-state index contributed by atoms with van der Waals surface area (Å²) in [5.41, 5.74) is 1.84. The minimum atomic E-state index is -3.63. The number of hydrogen-bond acceptors (Lipinski definition) is 8. The minimum absolute atomic E-state index is 0.0952. The van der Waals surface area contributed by atoms with Crippen LogP contribution in [0.25, 0.3) is 11.2 Å². The highest BCUT2D eigenvalue weighted by atomic mass is 31.2. The molecule has 2 aromatic heterocycles. The van der Waals surface area contributed by atoms with E-state index in [-0.39, 0.29) is 42.4 Å². The Morgan fingerprint density at radius 1 is 0.977 bits per heavy atom. The minimum Gasteiger partial charge on any atom is -0.396 e. The van der Waals surface area contributed by atoms with E-state index >= 15 is 0 Å². The molecule has 3 N–H and O–H groups in total. The van der Waals surface area contributed by atoms with E-state index < -0.39 is 19.6 Å². The van der Waals surface area contributed by atoms with Crippen molar-refractivity contribution in [2.75, 3.05) is 23.4 Å². The first-order chi connectivity index (χ1) is 20.8. The number of aromatic nitrogens is 4. The number of fused-ring (bicyclic) bond motifs is 2. The molecule has 2 aliphatic rings. The molecule has 3 heterocycles. The lowest BCUT2D eigenvalue weighted by molar-refractivity contribution is -0.161. The van der Waals surface area contributed by atoms with Crippen LogP contribution in [0.4, 0.5) is 11.4 Å². The molecule has 4 atom stereocenters. The van der Waals surface area contributed by atoms with Gasteiger partial charge in [0.05, 0.1) is 25.1 Å². The normalized spacial score (nSPS) is 23.0. The number of ether oxygens (including phenoxy) is 2. The number of aliphatic hydroxyl groups excluding tert-OH is 1. The quantitative estimate of drug-likeness (QED) is 0.152. The van der Waals surface area contributed by atoms with Crippen LogP contribution in [-0.2, 0) is 25.1 Å². The number of aryl methyl sites for hydroxylation is 1. The van der Waals surface area contributed by atoms with Gasteiger partial charge in [0.25, 0.3) is 5.56 Å². The van der Waals surface area contributed by atoms with Crippen LogP contribution in [0.3, 0.4) is 0 Å². The van der Waals surface area contributed by atoms with Crippen molar-refractivity contribution in [3.63, 3.8) is 0 Å². The number of anilines is 2. The number of nitrogens with one attached hydrogen (secondary N) is 2. The zero-order valence-corrected chi connectivity index (χ0v) is 25.1. The Bertz CT molecular complexity index is 1600. The molecule has 12 nitrogen and oxygen atoms in total. The molecule has 0 radical (unpaired) electrons. The molecule has 1 saturated carbocycles. The zero-order chi connectivity index (χ0) is 30.0. The fraction of sp³-hybridized carbons (Fsp3) is 0.433. The molecule has 1 saturated heterocycles. The maximum Gasteiger partial charge on any atom is 0.391 e. The molecule has 0 bridgehead atoms. The molecule has 13 heteroatoms. The lowest BCUT2D eigenvalue weighted by Crippen LogP contribution is -2.33. The maximum atomic E-state index is 14.2. The summed E-state index contributed by atoms with van der Waals surface area (Å²) in [7, 11) is -3.63. The van der Waals surface area contributed by atoms with E-state index in [1.807, 2.05) is 79.1 Å². The van der Waals surface area contributed by atoms with Crippen LogP contribution in [-0.4, -0.2) is 55.4 Å². The Labute approximate surface area is 249 Å². The largest absolute Gasteiger partial charge is 0.396 e. The maximum absolute atomic E-state index is 14.2. The Hall–Kier alpha value is -3.54. The molecule has 1 aliphatic carbocycles. The third kappa shape index (κ3) is 6.39. The van der Waals surface area contributed by atoms with Gasteiger partial charge in [0.2, 0.25) is 0 Å². The van der Waals surface area contributed by atoms with Crippen molar-refractivity contribution in [3.05, 3.63) is 83.7 Å². The third-order valence-electron chi connectivity index (χ3n) is 7.84. The SMILES string of the molecule is CC1(C)O[C@@H]2[C@@H](COP(=O)(Nc3ccccc3)Nc3ccccc3)C[C@@H](n3cnc4c(ncn4CCCCO)c3=O)[C@@H]2O1.